The lowest BCUT2D eigenvalue weighted by Gasteiger charge is -2.12. The number of aromatic nitrogens is 2. The van der Waals surface area contributed by atoms with Crippen molar-refractivity contribution in [3.8, 4) is 11.5 Å². The van der Waals surface area contributed by atoms with Gasteiger partial charge in [-0.1, -0.05) is 13.8 Å². The Morgan fingerprint density at radius 1 is 1.35 bits per heavy atom. The standard InChI is InChI=1S/C14H18N4O2/c1-3-15-8-10(2)13(19)17-12-6-4-11(5-7-12)14-18-16-9-20-14/h4-7,9-10,15H,3,8H2,1-2H3,(H,17,19). The molecule has 1 heterocycles. The molecule has 1 aromatic carbocycles. The fourth-order valence-electron chi connectivity index (χ4n) is 1.71. The fraction of sp³-hybridized carbons (Fsp3) is 0.357. The predicted octanol–water partition coefficient (Wildman–Crippen LogP) is 1.92. The number of carbonyl (C=O) groups excluding carboxylic acids is 1. The molecule has 0 saturated carbocycles. The molecule has 1 atom stereocenters. The Morgan fingerprint density at radius 3 is 2.70 bits per heavy atom. The van der Waals surface area contributed by atoms with Crippen LogP contribution in [0.15, 0.2) is 35.1 Å². The second kappa shape index (κ2) is 6.81. The van der Waals surface area contributed by atoms with Gasteiger partial charge in [0.15, 0.2) is 0 Å². The Morgan fingerprint density at radius 2 is 2.10 bits per heavy atom. The van der Waals surface area contributed by atoms with Gasteiger partial charge in [0.05, 0.1) is 0 Å². The second-order valence-corrected chi connectivity index (χ2v) is 4.52. The van der Waals surface area contributed by atoms with Gasteiger partial charge in [-0.2, -0.15) is 0 Å². The summed E-state index contributed by atoms with van der Waals surface area (Å²) in [5.41, 5.74) is 1.57. The number of anilines is 1. The first-order valence-corrected chi connectivity index (χ1v) is 6.59. The number of nitrogens with one attached hydrogen (secondary N) is 2. The summed E-state index contributed by atoms with van der Waals surface area (Å²) < 4.78 is 5.11. The smallest absolute Gasteiger partial charge is 0.247 e. The van der Waals surface area contributed by atoms with Crippen molar-refractivity contribution < 1.29 is 9.21 Å². The number of carbonyl (C=O) groups is 1. The van der Waals surface area contributed by atoms with E-state index in [1.807, 2.05) is 38.1 Å². The van der Waals surface area contributed by atoms with Crippen LogP contribution in [0.3, 0.4) is 0 Å². The van der Waals surface area contributed by atoms with E-state index < -0.39 is 0 Å². The van der Waals surface area contributed by atoms with E-state index in [2.05, 4.69) is 20.8 Å². The number of hydrogen-bond donors (Lipinski definition) is 2. The van der Waals surface area contributed by atoms with Crippen LogP contribution in [-0.4, -0.2) is 29.2 Å². The van der Waals surface area contributed by atoms with Gasteiger partial charge < -0.3 is 15.1 Å². The highest BCUT2D eigenvalue weighted by atomic mass is 16.4. The van der Waals surface area contributed by atoms with Crippen molar-refractivity contribution in [3.63, 3.8) is 0 Å². The molecule has 0 saturated heterocycles. The minimum Gasteiger partial charge on any atom is -0.423 e. The molecule has 0 aliphatic rings. The van der Waals surface area contributed by atoms with Crippen LogP contribution in [0.2, 0.25) is 0 Å². The molecule has 6 nitrogen and oxygen atoms in total. The molecule has 0 aliphatic carbocycles. The van der Waals surface area contributed by atoms with Gasteiger partial charge in [0.2, 0.25) is 18.2 Å². The number of rotatable bonds is 6. The van der Waals surface area contributed by atoms with Crippen molar-refractivity contribution in [2.45, 2.75) is 13.8 Å². The van der Waals surface area contributed by atoms with E-state index in [4.69, 9.17) is 4.42 Å². The highest BCUT2D eigenvalue weighted by molar-refractivity contribution is 5.92. The molecular formula is C14H18N4O2. The first-order chi connectivity index (χ1) is 9.70. The molecule has 106 valence electrons. The van der Waals surface area contributed by atoms with Crippen LogP contribution in [0.5, 0.6) is 0 Å². The number of nitrogens with zero attached hydrogens (tertiary/aromatic N) is 2. The maximum absolute atomic E-state index is 11.9. The highest BCUT2D eigenvalue weighted by Gasteiger charge is 2.12. The normalized spacial score (nSPS) is 12.1. The van der Waals surface area contributed by atoms with Crippen LogP contribution in [0.1, 0.15) is 13.8 Å². The zero-order chi connectivity index (χ0) is 14.4. The summed E-state index contributed by atoms with van der Waals surface area (Å²) in [6, 6.07) is 7.30. The van der Waals surface area contributed by atoms with Crippen LogP contribution in [0.25, 0.3) is 11.5 Å². The Bertz CT molecular complexity index is 537. The SMILES string of the molecule is CCNCC(C)C(=O)Nc1ccc(-c2nnco2)cc1. The van der Waals surface area contributed by atoms with Crippen molar-refractivity contribution in [2.24, 2.45) is 5.92 Å². The maximum atomic E-state index is 11.9. The first kappa shape index (κ1) is 14.2. The first-order valence-electron chi connectivity index (χ1n) is 6.59. The fourth-order valence-corrected chi connectivity index (χ4v) is 1.71. The Hall–Kier alpha value is -2.21. The molecule has 2 aromatic rings. The Labute approximate surface area is 117 Å². The molecule has 1 aromatic heterocycles. The largest absolute Gasteiger partial charge is 0.423 e. The van der Waals surface area contributed by atoms with Gasteiger partial charge in [-0.15, -0.1) is 10.2 Å². The van der Waals surface area contributed by atoms with E-state index in [1.54, 1.807) is 0 Å². The Kier molecular flexibility index (Phi) is 4.84. The summed E-state index contributed by atoms with van der Waals surface area (Å²) in [6.07, 6.45) is 1.29. The number of hydrogen-bond acceptors (Lipinski definition) is 5. The average molecular weight is 274 g/mol. The monoisotopic (exact) mass is 274 g/mol. The van der Waals surface area contributed by atoms with Crippen molar-refractivity contribution in [3.05, 3.63) is 30.7 Å². The van der Waals surface area contributed by atoms with E-state index in [1.165, 1.54) is 6.39 Å². The van der Waals surface area contributed by atoms with E-state index >= 15 is 0 Å². The molecule has 0 bridgehead atoms. The minimum atomic E-state index is -0.0782. The average Bonchev–Trinajstić information content (AvgIpc) is 2.99. The number of amides is 1. The number of benzene rings is 1. The molecule has 2 rings (SSSR count). The topological polar surface area (TPSA) is 80.0 Å². The zero-order valence-electron chi connectivity index (χ0n) is 11.6. The van der Waals surface area contributed by atoms with Gasteiger partial charge in [-0.25, -0.2) is 0 Å². The van der Waals surface area contributed by atoms with Crippen LogP contribution >= 0.6 is 0 Å². The molecule has 20 heavy (non-hydrogen) atoms. The van der Waals surface area contributed by atoms with Gasteiger partial charge in [0, 0.05) is 23.7 Å². The second-order valence-electron chi connectivity index (χ2n) is 4.52. The van der Waals surface area contributed by atoms with Gasteiger partial charge in [-0.3, -0.25) is 4.79 Å². The van der Waals surface area contributed by atoms with Crippen LogP contribution in [0.4, 0.5) is 5.69 Å². The molecule has 6 heteroatoms. The molecule has 0 spiro atoms. The molecule has 1 amide bonds. The van der Waals surface area contributed by atoms with Crippen molar-refractivity contribution in [2.75, 3.05) is 18.4 Å². The van der Waals surface area contributed by atoms with E-state index in [-0.39, 0.29) is 11.8 Å². The van der Waals surface area contributed by atoms with E-state index in [9.17, 15) is 4.79 Å². The molecule has 0 fully saturated rings. The van der Waals surface area contributed by atoms with Crippen molar-refractivity contribution >= 4 is 11.6 Å². The van der Waals surface area contributed by atoms with Crippen molar-refractivity contribution in [1.29, 1.82) is 0 Å². The summed E-state index contributed by atoms with van der Waals surface area (Å²) in [5, 5.41) is 13.5. The molecular weight excluding hydrogens is 256 g/mol. The van der Waals surface area contributed by atoms with Gasteiger partial charge in [-0.05, 0) is 30.8 Å². The Balaban J connectivity index is 1.95. The molecule has 2 N–H and O–H groups in total. The maximum Gasteiger partial charge on any atom is 0.247 e. The van der Waals surface area contributed by atoms with E-state index in [0.29, 0.717) is 12.4 Å². The highest BCUT2D eigenvalue weighted by Crippen LogP contribution is 2.19. The quantitative estimate of drug-likeness (QED) is 0.841. The molecule has 0 aliphatic heterocycles. The third-order valence-electron chi connectivity index (χ3n) is 2.91. The third-order valence-corrected chi connectivity index (χ3v) is 2.91. The van der Waals surface area contributed by atoms with Gasteiger partial charge >= 0.3 is 0 Å². The summed E-state index contributed by atoms with van der Waals surface area (Å²) in [6.45, 7) is 5.44. The van der Waals surface area contributed by atoms with Crippen LogP contribution < -0.4 is 10.6 Å². The van der Waals surface area contributed by atoms with Crippen molar-refractivity contribution in [1.82, 2.24) is 15.5 Å². The lowest BCUT2D eigenvalue weighted by atomic mass is 10.1. The molecule has 1 unspecified atom stereocenters. The van der Waals surface area contributed by atoms with E-state index in [0.717, 1.165) is 17.8 Å². The zero-order valence-corrected chi connectivity index (χ0v) is 11.6. The molecule has 0 radical (unpaired) electrons. The predicted molar refractivity (Wildman–Crippen MR) is 76.1 cm³/mol. The minimum absolute atomic E-state index is 0.00325. The van der Waals surface area contributed by atoms with Crippen LogP contribution in [0, 0.1) is 5.92 Å². The summed E-state index contributed by atoms with van der Waals surface area (Å²) in [4.78, 5) is 11.9. The summed E-state index contributed by atoms with van der Waals surface area (Å²) >= 11 is 0. The lowest BCUT2D eigenvalue weighted by Crippen LogP contribution is -2.30. The van der Waals surface area contributed by atoms with Gasteiger partial charge in [0.1, 0.15) is 0 Å². The summed E-state index contributed by atoms with van der Waals surface area (Å²) in [7, 11) is 0. The lowest BCUT2D eigenvalue weighted by molar-refractivity contribution is -0.119. The van der Waals surface area contributed by atoms with Crippen LogP contribution in [-0.2, 0) is 4.79 Å². The summed E-state index contributed by atoms with van der Waals surface area (Å²) in [5.74, 6) is 0.380. The van der Waals surface area contributed by atoms with Gasteiger partial charge in [0.25, 0.3) is 0 Å². The third kappa shape index (κ3) is 3.64.